The highest BCUT2D eigenvalue weighted by molar-refractivity contribution is 5.88. The molecule has 0 fully saturated rings. The molecule has 2 heteroatoms. The molecule has 3 aromatic rings. The summed E-state index contributed by atoms with van der Waals surface area (Å²) < 4.78 is 8.15. The molecule has 128 valence electrons. The molecule has 3 rings (SSSR count). The fourth-order valence-corrected chi connectivity index (χ4v) is 2.99. The van der Waals surface area contributed by atoms with Crippen LogP contribution in [0.25, 0.3) is 22.2 Å². The number of benzene rings is 2. The van der Waals surface area contributed by atoms with E-state index in [4.69, 9.17) is 4.74 Å². The van der Waals surface area contributed by atoms with Crippen LogP contribution in [0.3, 0.4) is 0 Å². The lowest BCUT2D eigenvalue weighted by Gasteiger charge is -2.07. The lowest BCUT2D eigenvalue weighted by atomic mass is 10.1. The zero-order valence-corrected chi connectivity index (χ0v) is 14.8. The van der Waals surface area contributed by atoms with Gasteiger partial charge in [0.1, 0.15) is 5.75 Å². The van der Waals surface area contributed by atoms with Crippen molar-refractivity contribution in [2.75, 3.05) is 6.61 Å². The molecule has 1 aromatic heterocycles. The Morgan fingerprint density at radius 3 is 2.68 bits per heavy atom. The first-order valence-corrected chi connectivity index (χ1v) is 8.83. The number of nitrogens with zero attached hydrogens (tertiary/aromatic N) is 1. The van der Waals surface area contributed by atoms with Crippen molar-refractivity contribution in [3.8, 4) is 17.0 Å². The van der Waals surface area contributed by atoms with Gasteiger partial charge in [-0.2, -0.15) is 0 Å². The number of fused-ring (bicyclic) bond motifs is 1. The summed E-state index contributed by atoms with van der Waals surface area (Å²) in [5, 5.41) is 1.24. The summed E-state index contributed by atoms with van der Waals surface area (Å²) in [5.74, 6) is 0.934. The van der Waals surface area contributed by atoms with Crippen LogP contribution >= 0.6 is 0 Å². The number of rotatable bonds is 8. The van der Waals surface area contributed by atoms with E-state index in [1.165, 1.54) is 22.2 Å². The second kappa shape index (κ2) is 8.39. The lowest BCUT2D eigenvalue weighted by Crippen LogP contribution is -1.97. The van der Waals surface area contributed by atoms with E-state index in [1.807, 2.05) is 12.1 Å². The van der Waals surface area contributed by atoms with Crippen molar-refractivity contribution in [2.45, 2.75) is 19.3 Å². The number of unbranched alkanes of at least 4 members (excludes halogenated alkanes) is 1. The summed E-state index contributed by atoms with van der Waals surface area (Å²) in [7, 11) is 2.11. The standard InChI is InChI=1S/C23H25NO/c1-3-4-5-6-7-11-16-25-21-15-14-20-17-22(24(2)23(20)18-21)19-12-9-8-10-13-19/h3,5-6,8-10,12-15,17-18H,1,4,7,11,16H2,2H3/b6-5+. The number of aromatic nitrogens is 1. The molecule has 0 aliphatic carbocycles. The number of ether oxygens (including phenoxy) is 1. The zero-order chi connectivity index (χ0) is 17.5. The van der Waals surface area contributed by atoms with Gasteiger partial charge in [0.2, 0.25) is 0 Å². The molecular formula is C23H25NO. The molecule has 25 heavy (non-hydrogen) atoms. The molecule has 0 bridgehead atoms. The number of allylic oxidation sites excluding steroid dienone is 3. The molecule has 0 unspecified atom stereocenters. The van der Waals surface area contributed by atoms with Crippen molar-refractivity contribution in [3.63, 3.8) is 0 Å². The molecule has 0 aliphatic heterocycles. The molecular weight excluding hydrogens is 306 g/mol. The van der Waals surface area contributed by atoms with Gasteiger partial charge in [-0.1, -0.05) is 48.6 Å². The third-order valence-electron chi connectivity index (χ3n) is 4.34. The summed E-state index contributed by atoms with van der Waals surface area (Å²) in [4.78, 5) is 0. The largest absolute Gasteiger partial charge is 0.494 e. The highest BCUT2D eigenvalue weighted by Gasteiger charge is 2.08. The maximum atomic E-state index is 5.92. The minimum Gasteiger partial charge on any atom is -0.494 e. The normalized spacial score (nSPS) is 11.2. The van der Waals surface area contributed by atoms with Gasteiger partial charge in [-0.25, -0.2) is 0 Å². The van der Waals surface area contributed by atoms with Gasteiger partial charge >= 0.3 is 0 Å². The Balaban J connectivity index is 1.68. The third-order valence-corrected chi connectivity index (χ3v) is 4.34. The van der Waals surface area contributed by atoms with Gasteiger partial charge in [0, 0.05) is 24.2 Å². The van der Waals surface area contributed by atoms with E-state index in [-0.39, 0.29) is 0 Å². The van der Waals surface area contributed by atoms with Crippen LogP contribution in [0.1, 0.15) is 19.3 Å². The molecule has 0 saturated heterocycles. The Morgan fingerprint density at radius 1 is 1.04 bits per heavy atom. The van der Waals surface area contributed by atoms with Crippen molar-refractivity contribution < 1.29 is 4.74 Å². The Morgan fingerprint density at radius 2 is 1.88 bits per heavy atom. The highest BCUT2D eigenvalue weighted by Crippen LogP contribution is 2.29. The van der Waals surface area contributed by atoms with Gasteiger partial charge in [0.05, 0.1) is 12.1 Å². The van der Waals surface area contributed by atoms with E-state index in [0.717, 1.165) is 31.6 Å². The van der Waals surface area contributed by atoms with Gasteiger partial charge in [0.15, 0.2) is 0 Å². The van der Waals surface area contributed by atoms with Crippen LogP contribution in [-0.4, -0.2) is 11.2 Å². The SMILES string of the molecule is C=CC/C=C/CCCOc1ccc2cc(-c3ccccc3)n(C)c2c1. The number of hydrogen-bond acceptors (Lipinski definition) is 1. The third kappa shape index (κ3) is 4.21. The quantitative estimate of drug-likeness (QED) is 0.357. The lowest BCUT2D eigenvalue weighted by molar-refractivity contribution is 0.312. The van der Waals surface area contributed by atoms with E-state index < -0.39 is 0 Å². The summed E-state index contributed by atoms with van der Waals surface area (Å²) in [5.41, 5.74) is 3.65. The van der Waals surface area contributed by atoms with Crippen LogP contribution in [0.15, 0.2) is 79.4 Å². The maximum absolute atomic E-state index is 5.92. The summed E-state index contributed by atoms with van der Waals surface area (Å²) in [6, 6.07) is 19.1. The van der Waals surface area contributed by atoms with E-state index in [1.54, 1.807) is 0 Å². The van der Waals surface area contributed by atoms with Crippen molar-refractivity contribution in [1.82, 2.24) is 4.57 Å². The minimum absolute atomic E-state index is 0.736. The second-order valence-corrected chi connectivity index (χ2v) is 6.16. The second-order valence-electron chi connectivity index (χ2n) is 6.16. The number of aryl methyl sites for hydroxylation is 1. The van der Waals surface area contributed by atoms with E-state index >= 15 is 0 Å². The zero-order valence-electron chi connectivity index (χ0n) is 14.8. The summed E-state index contributed by atoms with van der Waals surface area (Å²) >= 11 is 0. The predicted molar refractivity (Wildman–Crippen MR) is 107 cm³/mol. The van der Waals surface area contributed by atoms with Crippen molar-refractivity contribution >= 4 is 10.9 Å². The molecule has 0 N–H and O–H groups in total. The van der Waals surface area contributed by atoms with E-state index in [2.05, 4.69) is 78.9 Å². The Labute approximate surface area is 150 Å². The van der Waals surface area contributed by atoms with Crippen molar-refractivity contribution in [2.24, 2.45) is 7.05 Å². The minimum atomic E-state index is 0.736. The van der Waals surface area contributed by atoms with Gasteiger partial charge in [-0.3, -0.25) is 0 Å². The molecule has 2 aromatic carbocycles. The van der Waals surface area contributed by atoms with Gasteiger partial charge < -0.3 is 9.30 Å². The molecule has 0 radical (unpaired) electrons. The molecule has 0 amide bonds. The average Bonchev–Trinajstić information content (AvgIpc) is 2.98. The van der Waals surface area contributed by atoms with E-state index in [9.17, 15) is 0 Å². The average molecular weight is 331 g/mol. The molecule has 2 nitrogen and oxygen atoms in total. The fraction of sp³-hybridized carbons (Fsp3) is 0.217. The first kappa shape index (κ1) is 17.1. The first-order valence-electron chi connectivity index (χ1n) is 8.83. The molecule has 0 spiro atoms. The van der Waals surface area contributed by atoms with Crippen LogP contribution in [0.5, 0.6) is 5.75 Å². The number of hydrogen-bond donors (Lipinski definition) is 0. The van der Waals surface area contributed by atoms with Crippen LogP contribution in [0.2, 0.25) is 0 Å². The Kier molecular flexibility index (Phi) is 5.73. The van der Waals surface area contributed by atoms with Crippen LogP contribution in [0.4, 0.5) is 0 Å². The molecule has 0 saturated carbocycles. The maximum Gasteiger partial charge on any atom is 0.121 e. The predicted octanol–water partition coefficient (Wildman–Crippen LogP) is 6.14. The summed E-state index contributed by atoms with van der Waals surface area (Å²) in [6.07, 6.45) is 9.25. The van der Waals surface area contributed by atoms with Crippen LogP contribution < -0.4 is 4.74 Å². The molecule has 0 aliphatic rings. The topological polar surface area (TPSA) is 14.2 Å². The highest BCUT2D eigenvalue weighted by atomic mass is 16.5. The summed E-state index contributed by atoms with van der Waals surface area (Å²) in [6.45, 7) is 4.45. The van der Waals surface area contributed by atoms with Crippen molar-refractivity contribution in [1.29, 1.82) is 0 Å². The van der Waals surface area contributed by atoms with Crippen molar-refractivity contribution in [3.05, 3.63) is 79.4 Å². The van der Waals surface area contributed by atoms with Gasteiger partial charge in [-0.05, 0) is 43.0 Å². The Hall–Kier alpha value is -2.74. The molecule has 1 heterocycles. The monoisotopic (exact) mass is 331 g/mol. The van der Waals surface area contributed by atoms with E-state index in [0.29, 0.717) is 0 Å². The van der Waals surface area contributed by atoms with Gasteiger partial charge in [0.25, 0.3) is 0 Å². The van der Waals surface area contributed by atoms with Gasteiger partial charge in [-0.15, -0.1) is 6.58 Å². The molecule has 0 atom stereocenters. The smallest absolute Gasteiger partial charge is 0.121 e. The van der Waals surface area contributed by atoms with Crippen LogP contribution in [0, 0.1) is 0 Å². The Bertz CT molecular complexity index is 858. The van der Waals surface area contributed by atoms with Crippen LogP contribution in [-0.2, 0) is 7.05 Å². The first-order chi connectivity index (χ1) is 12.3. The fourth-order valence-electron chi connectivity index (χ4n) is 2.99.